The monoisotopic (exact) mass is 346 g/mol. The third-order valence-corrected chi connectivity index (χ3v) is 5.17. The molecule has 5 nitrogen and oxygen atoms in total. The molecule has 1 fully saturated rings. The van der Waals surface area contributed by atoms with Crippen LogP contribution in [0.4, 0.5) is 0 Å². The molecule has 1 aliphatic rings. The van der Waals surface area contributed by atoms with E-state index in [1.165, 1.54) is 31.5 Å². The molecule has 5 heteroatoms. The Bertz CT molecular complexity index is 521. The van der Waals surface area contributed by atoms with Crippen molar-refractivity contribution in [1.29, 1.82) is 0 Å². The van der Waals surface area contributed by atoms with Crippen molar-refractivity contribution >= 4 is 5.96 Å². The van der Waals surface area contributed by atoms with Crippen molar-refractivity contribution in [2.24, 2.45) is 10.9 Å². The summed E-state index contributed by atoms with van der Waals surface area (Å²) in [5.41, 5.74) is 1.34. The first-order valence-corrected chi connectivity index (χ1v) is 9.39. The van der Waals surface area contributed by atoms with E-state index in [-0.39, 0.29) is 0 Å². The van der Waals surface area contributed by atoms with Crippen molar-refractivity contribution in [3.8, 4) is 5.75 Å². The molecule has 1 saturated heterocycles. The summed E-state index contributed by atoms with van der Waals surface area (Å²) in [7, 11) is 5.75. The fourth-order valence-corrected chi connectivity index (χ4v) is 3.23. The van der Waals surface area contributed by atoms with Gasteiger partial charge in [-0.15, -0.1) is 0 Å². The van der Waals surface area contributed by atoms with Crippen molar-refractivity contribution in [2.75, 3.05) is 47.4 Å². The number of guanidine groups is 1. The first kappa shape index (κ1) is 19.6. The van der Waals surface area contributed by atoms with Gasteiger partial charge in [0.05, 0.1) is 7.11 Å². The Morgan fingerprint density at radius 1 is 1.24 bits per heavy atom. The molecular weight excluding hydrogens is 312 g/mol. The fraction of sp³-hybridized carbons (Fsp3) is 0.650. The third-order valence-electron chi connectivity index (χ3n) is 5.17. The van der Waals surface area contributed by atoms with Gasteiger partial charge < -0.3 is 20.3 Å². The van der Waals surface area contributed by atoms with Crippen LogP contribution in [0.2, 0.25) is 0 Å². The van der Waals surface area contributed by atoms with Crippen LogP contribution in [0.25, 0.3) is 0 Å². The molecule has 2 rings (SSSR count). The molecule has 0 bridgehead atoms. The highest BCUT2D eigenvalue weighted by Gasteiger charge is 2.16. The standard InChI is InChI=1S/C20H34N4O/c1-16(18-5-7-19(25-4)8-6-18)9-12-22-20(21-2)23-15-17-10-13-24(3)14-11-17/h5-8,16-17H,9-15H2,1-4H3,(H2,21,22,23). The maximum Gasteiger partial charge on any atom is 0.190 e. The molecule has 1 aromatic carbocycles. The van der Waals surface area contributed by atoms with Crippen LogP contribution in [0.1, 0.15) is 37.7 Å². The van der Waals surface area contributed by atoms with Crippen molar-refractivity contribution in [3.05, 3.63) is 29.8 Å². The third kappa shape index (κ3) is 6.58. The van der Waals surface area contributed by atoms with Crippen molar-refractivity contribution in [1.82, 2.24) is 15.5 Å². The van der Waals surface area contributed by atoms with Crippen LogP contribution in [0.15, 0.2) is 29.3 Å². The zero-order valence-corrected chi connectivity index (χ0v) is 16.2. The number of likely N-dealkylation sites (tertiary alicyclic amines) is 1. The second-order valence-corrected chi connectivity index (χ2v) is 7.09. The number of hydrogen-bond acceptors (Lipinski definition) is 3. The van der Waals surface area contributed by atoms with Gasteiger partial charge in [-0.3, -0.25) is 4.99 Å². The van der Waals surface area contributed by atoms with E-state index in [2.05, 4.69) is 46.6 Å². The Morgan fingerprint density at radius 2 is 1.92 bits per heavy atom. The molecule has 1 aromatic rings. The average Bonchev–Trinajstić information content (AvgIpc) is 2.65. The molecule has 1 aliphatic heterocycles. The quantitative estimate of drug-likeness (QED) is 0.589. The number of aliphatic imine (C=N–C) groups is 1. The SMILES string of the molecule is CN=C(NCCC(C)c1ccc(OC)cc1)NCC1CCN(C)CC1. The van der Waals surface area contributed by atoms with Crippen LogP contribution in [-0.2, 0) is 0 Å². The molecule has 1 unspecified atom stereocenters. The molecule has 0 spiro atoms. The molecule has 2 N–H and O–H groups in total. The number of ether oxygens (including phenoxy) is 1. The number of nitrogens with zero attached hydrogens (tertiary/aromatic N) is 2. The first-order chi connectivity index (χ1) is 12.1. The molecule has 0 radical (unpaired) electrons. The topological polar surface area (TPSA) is 48.9 Å². The highest BCUT2D eigenvalue weighted by Crippen LogP contribution is 2.21. The van der Waals surface area contributed by atoms with Crippen molar-refractivity contribution in [2.45, 2.75) is 32.1 Å². The van der Waals surface area contributed by atoms with Gasteiger partial charge >= 0.3 is 0 Å². The van der Waals surface area contributed by atoms with Gasteiger partial charge in [0.1, 0.15) is 5.75 Å². The summed E-state index contributed by atoms with van der Waals surface area (Å²) in [4.78, 5) is 6.75. The lowest BCUT2D eigenvalue weighted by atomic mass is 9.97. The predicted octanol–water partition coefficient (Wildman–Crippen LogP) is 2.70. The van der Waals surface area contributed by atoms with Gasteiger partial charge in [0.15, 0.2) is 5.96 Å². The summed E-state index contributed by atoms with van der Waals surface area (Å²) in [6.45, 7) is 6.61. The summed E-state index contributed by atoms with van der Waals surface area (Å²) in [5.74, 6) is 3.09. The van der Waals surface area contributed by atoms with Gasteiger partial charge in [-0.1, -0.05) is 19.1 Å². The number of piperidine rings is 1. The normalized spacial score (nSPS) is 18.0. The Kier molecular flexibility index (Phi) is 8.06. The summed E-state index contributed by atoms with van der Waals surface area (Å²) >= 11 is 0. The number of methoxy groups -OCH3 is 1. The highest BCUT2D eigenvalue weighted by atomic mass is 16.5. The molecule has 0 aromatic heterocycles. The predicted molar refractivity (Wildman–Crippen MR) is 106 cm³/mol. The Balaban J connectivity index is 1.67. The average molecular weight is 347 g/mol. The molecule has 0 aliphatic carbocycles. The smallest absolute Gasteiger partial charge is 0.190 e. The van der Waals surface area contributed by atoms with Crippen LogP contribution >= 0.6 is 0 Å². The van der Waals surface area contributed by atoms with E-state index in [4.69, 9.17) is 4.74 Å². The molecule has 0 amide bonds. The van der Waals surface area contributed by atoms with Gasteiger partial charge in [0.25, 0.3) is 0 Å². The van der Waals surface area contributed by atoms with Crippen LogP contribution < -0.4 is 15.4 Å². The summed E-state index contributed by atoms with van der Waals surface area (Å²) in [6, 6.07) is 8.36. The lowest BCUT2D eigenvalue weighted by molar-refractivity contribution is 0.220. The minimum atomic E-state index is 0.505. The van der Waals surface area contributed by atoms with Crippen LogP contribution in [0.3, 0.4) is 0 Å². The largest absolute Gasteiger partial charge is 0.497 e. The number of nitrogens with one attached hydrogen (secondary N) is 2. The summed E-state index contributed by atoms with van der Waals surface area (Å²) in [5, 5.41) is 6.93. The zero-order valence-electron chi connectivity index (χ0n) is 16.2. The van der Waals surface area contributed by atoms with Gasteiger partial charge in [-0.05, 0) is 68.9 Å². The van der Waals surface area contributed by atoms with E-state index in [1.807, 2.05) is 19.2 Å². The molecule has 0 saturated carbocycles. The minimum Gasteiger partial charge on any atom is -0.497 e. The molecule has 1 atom stereocenters. The molecule has 140 valence electrons. The van der Waals surface area contributed by atoms with E-state index in [0.29, 0.717) is 5.92 Å². The number of hydrogen-bond donors (Lipinski definition) is 2. The second kappa shape index (κ2) is 10.3. The van der Waals surface area contributed by atoms with E-state index in [0.717, 1.165) is 37.1 Å². The van der Waals surface area contributed by atoms with Gasteiger partial charge in [0, 0.05) is 20.1 Å². The lowest BCUT2D eigenvalue weighted by Gasteiger charge is -2.29. The second-order valence-electron chi connectivity index (χ2n) is 7.09. The van der Waals surface area contributed by atoms with Crippen molar-refractivity contribution in [3.63, 3.8) is 0 Å². The van der Waals surface area contributed by atoms with Gasteiger partial charge in [-0.2, -0.15) is 0 Å². The number of rotatable bonds is 7. The minimum absolute atomic E-state index is 0.505. The Morgan fingerprint density at radius 3 is 2.52 bits per heavy atom. The summed E-state index contributed by atoms with van der Waals surface area (Å²) < 4.78 is 5.22. The number of benzene rings is 1. The van der Waals surface area contributed by atoms with Crippen molar-refractivity contribution < 1.29 is 4.74 Å². The zero-order chi connectivity index (χ0) is 18.1. The first-order valence-electron chi connectivity index (χ1n) is 9.39. The van der Waals surface area contributed by atoms with Crippen LogP contribution in [-0.4, -0.2) is 58.2 Å². The van der Waals surface area contributed by atoms with Crippen LogP contribution in [0, 0.1) is 5.92 Å². The lowest BCUT2D eigenvalue weighted by Crippen LogP contribution is -2.42. The fourth-order valence-electron chi connectivity index (χ4n) is 3.23. The van der Waals surface area contributed by atoms with E-state index < -0.39 is 0 Å². The van der Waals surface area contributed by atoms with E-state index in [1.54, 1.807) is 7.11 Å². The summed E-state index contributed by atoms with van der Waals surface area (Å²) in [6.07, 6.45) is 3.62. The van der Waals surface area contributed by atoms with E-state index >= 15 is 0 Å². The van der Waals surface area contributed by atoms with Gasteiger partial charge in [0.2, 0.25) is 0 Å². The maximum absolute atomic E-state index is 5.22. The van der Waals surface area contributed by atoms with E-state index in [9.17, 15) is 0 Å². The molecule has 25 heavy (non-hydrogen) atoms. The maximum atomic E-state index is 5.22. The van der Waals surface area contributed by atoms with Crippen LogP contribution in [0.5, 0.6) is 5.75 Å². The molecule has 1 heterocycles. The Labute approximate surface area is 152 Å². The van der Waals surface area contributed by atoms with Gasteiger partial charge in [-0.25, -0.2) is 0 Å². The highest BCUT2D eigenvalue weighted by molar-refractivity contribution is 5.79. The Hall–Kier alpha value is -1.75. The molecular formula is C20H34N4O.